The van der Waals surface area contributed by atoms with Crippen LogP contribution in [0.5, 0.6) is 0 Å². The Balaban J connectivity index is 1.51. The maximum atomic E-state index is 12.2. The fourth-order valence-corrected chi connectivity index (χ4v) is 3.07. The predicted octanol–water partition coefficient (Wildman–Crippen LogP) is 2.50. The van der Waals surface area contributed by atoms with Crippen LogP contribution in [0.15, 0.2) is 48.8 Å². The quantitative estimate of drug-likeness (QED) is 0.590. The number of amides is 1. The molecule has 0 radical (unpaired) electrons. The molecule has 1 amide bonds. The van der Waals surface area contributed by atoms with Crippen LogP contribution in [0, 0.1) is 13.8 Å². The van der Waals surface area contributed by atoms with E-state index in [1.807, 2.05) is 56.3 Å². The van der Waals surface area contributed by atoms with Gasteiger partial charge in [-0.25, -0.2) is 4.68 Å². The fraction of sp³-hybridized carbons (Fsp3) is 0.211. The summed E-state index contributed by atoms with van der Waals surface area (Å²) in [7, 11) is 0. The molecule has 0 unspecified atom stereocenters. The van der Waals surface area contributed by atoms with Gasteiger partial charge >= 0.3 is 0 Å². The van der Waals surface area contributed by atoms with Gasteiger partial charge in [0.05, 0.1) is 5.69 Å². The van der Waals surface area contributed by atoms with Gasteiger partial charge in [-0.3, -0.25) is 4.79 Å². The molecule has 4 aromatic rings. The average molecular weight is 361 g/mol. The van der Waals surface area contributed by atoms with E-state index in [0.29, 0.717) is 24.3 Å². The van der Waals surface area contributed by atoms with Crippen molar-refractivity contribution in [1.82, 2.24) is 29.6 Å². The number of benzene rings is 1. The molecule has 3 aromatic heterocycles. The first kappa shape index (κ1) is 16.9. The van der Waals surface area contributed by atoms with E-state index >= 15 is 0 Å². The zero-order valence-electron chi connectivity index (χ0n) is 15.1. The molecule has 1 N–H and O–H groups in total. The highest BCUT2D eigenvalue weighted by Crippen LogP contribution is 2.19. The third-order valence-corrected chi connectivity index (χ3v) is 4.47. The first-order valence-corrected chi connectivity index (χ1v) is 8.69. The minimum atomic E-state index is -0.0169. The number of carbonyl (C=O) groups excluding carboxylic acids is 1. The SMILES string of the molecule is Cc1nn(-c2ccc3nncn3n2)c(C)c1CCC(=O)Nc1ccccc1. The molecule has 0 atom stereocenters. The molecule has 3 heterocycles. The van der Waals surface area contributed by atoms with Crippen molar-refractivity contribution in [3.63, 3.8) is 0 Å². The van der Waals surface area contributed by atoms with Crippen molar-refractivity contribution in [3.8, 4) is 5.82 Å². The Morgan fingerprint density at radius 2 is 1.89 bits per heavy atom. The van der Waals surface area contributed by atoms with Crippen molar-refractivity contribution in [2.45, 2.75) is 26.7 Å². The van der Waals surface area contributed by atoms with Crippen LogP contribution in [0.2, 0.25) is 0 Å². The standard InChI is InChI=1S/C19H19N7O/c1-13-16(8-11-19(27)21-15-6-4-3-5-7-15)14(2)26(23-13)18-10-9-17-22-20-12-25(17)24-18/h3-7,9-10,12H,8,11H2,1-2H3,(H,21,27). The third kappa shape index (κ3) is 3.41. The lowest BCUT2D eigenvalue weighted by Gasteiger charge is -2.06. The highest BCUT2D eigenvalue weighted by atomic mass is 16.1. The van der Waals surface area contributed by atoms with Gasteiger partial charge in [-0.15, -0.1) is 15.3 Å². The Morgan fingerprint density at radius 1 is 1.07 bits per heavy atom. The van der Waals surface area contributed by atoms with Gasteiger partial charge in [-0.1, -0.05) is 18.2 Å². The normalized spacial score (nSPS) is 11.0. The minimum absolute atomic E-state index is 0.0169. The lowest BCUT2D eigenvalue weighted by molar-refractivity contribution is -0.116. The fourth-order valence-electron chi connectivity index (χ4n) is 3.07. The van der Waals surface area contributed by atoms with Crippen molar-refractivity contribution in [2.24, 2.45) is 0 Å². The number of para-hydroxylation sites is 1. The highest BCUT2D eigenvalue weighted by Gasteiger charge is 2.15. The molecule has 0 bridgehead atoms. The second kappa shape index (κ2) is 6.99. The summed E-state index contributed by atoms with van der Waals surface area (Å²) in [5, 5.41) is 19.8. The van der Waals surface area contributed by atoms with Gasteiger partial charge in [0.1, 0.15) is 6.33 Å². The summed E-state index contributed by atoms with van der Waals surface area (Å²) in [6.07, 6.45) is 2.56. The van der Waals surface area contributed by atoms with Crippen molar-refractivity contribution < 1.29 is 4.79 Å². The Kier molecular flexibility index (Phi) is 4.37. The minimum Gasteiger partial charge on any atom is -0.326 e. The lowest BCUT2D eigenvalue weighted by atomic mass is 10.1. The number of nitrogens with zero attached hydrogens (tertiary/aromatic N) is 6. The van der Waals surface area contributed by atoms with Gasteiger partial charge in [-0.2, -0.15) is 9.61 Å². The van der Waals surface area contributed by atoms with Crippen molar-refractivity contribution in [3.05, 3.63) is 65.7 Å². The topological polar surface area (TPSA) is 90.0 Å². The second-order valence-corrected chi connectivity index (χ2v) is 6.30. The number of aryl methyl sites for hydroxylation is 1. The molecule has 136 valence electrons. The molecule has 8 nitrogen and oxygen atoms in total. The zero-order chi connectivity index (χ0) is 18.8. The Labute approximate surface area is 155 Å². The van der Waals surface area contributed by atoms with Crippen LogP contribution in [0.4, 0.5) is 5.69 Å². The van der Waals surface area contributed by atoms with Crippen molar-refractivity contribution in [1.29, 1.82) is 0 Å². The molecule has 0 fully saturated rings. The number of aromatic nitrogens is 6. The number of anilines is 1. The molecule has 0 saturated heterocycles. The number of carbonyl (C=O) groups is 1. The molecular weight excluding hydrogens is 342 g/mol. The van der Waals surface area contributed by atoms with Crippen molar-refractivity contribution >= 4 is 17.2 Å². The average Bonchev–Trinajstić information content (AvgIpc) is 3.24. The predicted molar refractivity (Wildman–Crippen MR) is 101 cm³/mol. The summed E-state index contributed by atoms with van der Waals surface area (Å²) in [5.41, 5.74) is 4.41. The number of fused-ring (bicyclic) bond motifs is 1. The summed E-state index contributed by atoms with van der Waals surface area (Å²) in [6, 6.07) is 13.2. The summed E-state index contributed by atoms with van der Waals surface area (Å²) in [5.74, 6) is 0.666. The molecule has 0 aliphatic rings. The van der Waals surface area contributed by atoms with Crippen LogP contribution < -0.4 is 5.32 Å². The molecule has 4 rings (SSSR count). The maximum Gasteiger partial charge on any atom is 0.224 e. The molecule has 0 aliphatic heterocycles. The molecule has 0 saturated carbocycles. The molecule has 1 aromatic carbocycles. The van der Waals surface area contributed by atoms with E-state index in [2.05, 4.69) is 25.7 Å². The second-order valence-electron chi connectivity index (χ2n) is 6.30. The van der Waals surface area contributed by atoms with Gasteiger partial charge in [-0.05, 0) is 50.1 Å². The van der Waals surface area contributed by atoms with E-state index in [1.54, 1.807) is 15.5 Å². The number of nitrogens with one attached hydrogen (secondary N) is 1. The molecular formula is C19H19N7O. The van der Waals surface area contributed by atoms with Crippen molar-refractivity contribution in [2.75, 3.05) is 5.32 Å². The lowest BCUT2D eigenvalue weighted by Crippen LogP contribution is -2.12. The number of hydrogen-bond acceptors (Lipinski definition) is 5. The van der Waals surface area contributed by atoms with Gasteiger partial charge in [0, 0.05) is 17.8 Å². The van der Waals surface area contributed by atoms with Crippen LogP contribution in [0.1, 0.15) is 23.4 Å². The van der Waals surface area contributed by atoms with E-state index in [9.17, 15) is 4.79 Å². The van der Waals surface area contributed by atoms with E-state index in [4.69, 9.17) is 0 Å². The highest BCUT2D eigenvalue weighted by molar-refractivity contribution is 5.90. The number of hydrogen-bond donors (Lipinski definition) is 1. The summed E-state index contributed by atoms with van der Waals surface area (Å²) < 4.78 is 3.40. The van der Waals surface area contributed by atoms with E-state index < -0.39 is 0 Å². The van der Waals surface area contributed by atoms with Crippen LogP contribution in [0.3, 0.4) is 0 Å². The molecule has 27 heavy (non-hydrogen) atoms. The van der Waals surface area contributed by atoms with E-state index in [1.165, 1.54) is 0 Å². The maximum absolute atomic E-state index is 12.2. The summed E-state index contributed by atoms with van der Waals surface area (Å²) >= 11 is 0. The largest absolute Gasteiger partial charge is 0.326 e. The summed E-state index contributed by atoms with van der Waals surface area (Å²) in [6.45, 7) is 3.94. The van der Waals surface area contributed by atoms with Crippen LogP contribution in [-0.2, 0) is 11.2 Å². The van der Waals surface area contributed by atoms with Crippen LogP contribution in [-0.4, -0.2) is 35.5 Å². The van der Waals surface area contributed by atoms with Gasteiger partial charge < -0.3 is 5.32 Å². The smallest absolute Gasteiger partial charge is 0.224 e. The molecule has 0 aliphatic carbocycles. The Bertz CT molecular complexity index is 1100. The monoisotopic (exact) mass is 361 g/mol. The Hall–Kier alpha value is -3.55. The first-order chi connectivity index (χ1) is 13.1. The zero-order valence-corrected chi connectivity index (χ0v) is 15.1. The van der Waals surface area contributed by atoms with Gasteiger partial charge in [0.15, 0.2) is 11.5 Å². The van der Waals surface area contributed by atoms with Gasteiger partial charge in [0.25, 0.3) is 0 Å². The first-order valence-electron chi connectivity index (χ1n) is 8.69. The molecule has 0 spiro atoms. The Morgan fingerprint density at radius 3 is 2.70 bits per heavy atom. The summed E-state index contributed by atoms with van der Waals surface area (Å²) in [4.78, 5) is 12.2. The van der Waals surface area contributed by atoms with E-state index in [-0.39, 0.29) is 5.91 Å². The van der Waals surface area contributed by atoms with Crippen LogP contribution >= 0.6 is 0 Å². The third-order valence-electron chi connectivity index (χ3n) is 4.47. The van der Waals surface area contributed by atoms with E-state index in [0.717, 1.165) is 22.6 Å². The number of rotatable bonds is 5. The van der Waals surface area contributed by atoms with Crippen LogP contribution in [0.25, 0.3) is 11.5 Å². The molecule has 8 heteroatoms. The van der Waals surface area contributed by atoms with Gasteiger partial charge in [0.2, 0.25) is 5.91 Å².